The molecule has 8 N–H and O–H groups in total. The SMILES string of the molecule is CN(C)CCCNC(=O)CNC(=O)c1cc(NC(=O)c2cc(NC(=O)c3cc(NC(=O)CCCNC(=O)c4cc(NC(=O)c5cc(NC(=O)c6nccn6C)cn5C)cn4C)cn3C)cn2C)cn1C. The molecule has 6 aromatic rings. The topological polar surface area (TPSA) is 279 Å². The normalized spacial score (nSPS) is 11.0. The Bertz CT molecular complexity index is 2940. The zero-order valence-corrected chi connectivity index (χ0v) is 40.2. The third kappa shape index (κ3) is 13.1. The Morgan fingerprint density at radius 3 is 1.26 bits per heavy atom. The van der Waals surface area contributed by atoms with Crippen LogP contribution in [0.15, 0.2) is 73.7 Å². The first kappa shape index (κ1) is 50.7. The molecule has 6 heterocycles. The fourth-order valence-electron chi connectivity index (χ4n) is 7.35. The lowest BCUT2D eigenvalue weighted by Crippen LogP contribution is -2.38. The molecule has 0 saturated heterocycles. The molecule has 0 aromatic carbocycles. The monoisotopic (exact) mass is 962 g/mol. The molecule has 0 bridgehead atoms. The first-order valence-corrected chi connectivity index (χ1v) is 22.1. The Kier molecular flexibility index (Phi) is 16.2. The van der Waals surface area contributed by atoms with Gasteiger partial charge in [-0.1, -0.05) is 0 Å². The fraction of sp³-hybridized carbons (Fsp3) is 0.326. The Morgan fingerprint density at radius 2 is 0.843 bits per heavy atom. The summed E-state index contributed by atoms with van der Waals surface area (Å²) in [5.74, 6) is -3.22. The first-order valence-electron chi connectivity index (χ1n) is 22.1. The van der Waals surface area contributed by atoms with E-state index in [9.17, 15) is 38.4 Å². The van der Waals surface area contributed by atoms with Crippen LogP contribution in [0.1, 0.15) is 82.3 Å². The molecule has 8 amide bonds. The van der Waals surface area contributed by atoms with Crippen LogP contribution < -0.4 is 42.5 Å². The summed E-state index contributed by atoms with van der Waals surface area (Å²) < 4.78 is 9.31. The van der Waals surface area contributed by atoms with Gasteiger partial charge in [-0.15, -0.1) is 0 Å². The lowest BCUT2D eigenvalue weighted by Gasteiger charge is -2.10. The predicted octanol–water partition coefficient (Wildman–Crippen LogP) is 2.07. The van der Waals surface area contributed by atoms with Gasteiger partial charge in [-0.2, -0.15) is 0 Å². The van der Waals surface area contributed by atoms with Crippen LogP contribution in [0.5, 0.6) is 0 Å². The van der Waals surface area contributed by atoms with E-state index < -0.39 is 35.4 Å². The van der Waals surface area contributed by atoms with Crippen molar-refractivity contribution in [2.24, 2.45) is 42.3 Å². The minimum Gasteiger partial charge on any atom is -0.355 e. The summed E-state index contributed by atoms with van der Waals surface area (Å²) in [6.45, 7) is 1.29. The highest BCUT2D eigenvalue weighted by atomic mass is 16.2. The molecule has 0 spiro atoms. The fourth-order valence-corrected chi connectivity index (χ4v) is 7.35. The van der Waals surface area contributed by atoms with Gasteiger partial charge in [0.05, 0.1) is 35.0 Å². The molecule has 0 atom stereocenters. The number of hydrogen-bond donors (Lipinski definition) is 8. The molecule has 0 aliphatic carbocycles. The number of aromatic nitrogens is 7. The van der Waals surface area contributed by atoms with Crippen molar-refractivity contribution in [3.05, 3.63) is 108 Å². The summed E-state index contributed by atoms with van der Waals surface area (Å²) in [6, 6.07) is 7.55. The number of amides is 8. The van der Waals surface area contributed by atoms with E-state index in [-0.39, 0.29) is 65.6 Å². The van der Waals surface area contributed by atoms with Crippen molar-refractivity contribution in [1.29, 1.82) is 0 Å². The van der Waals surface area contributed by atoms with Gasteiger partial charge in [0.25, 0.3) is 35.4 Å². The van der Waals surface area contributed by atoms with Crippen molar-refractivity contribution in [3.63, 3.8) is 0 Å². The summed E-state index contributed by atoms with van der Waals surface area (Å²) in [6.07, 6.45) is 12.2. The Hall–Kier alpha value is -8.67. The molecule has 24 heteroatoms. The second kappa shape index (κ2) is 22.4. The van der Waals surface area contributed by atoms with Gasteiger partial charge in [-0.3, -0.25) is 38.4 Å². The number of imidazole rings is 1. The van der Waals surface area contributed by atoms with Gasteiger partial charge >= 0.3 is 0 Å². The molecule has 0 saturated carbocycles. The molecule has 24 nitrogen and oxygen atoms in total. The van der Waals surface area contributed by atoms with E-state index in [0.29, 0.717) is 41.4 Å². The van der Waals surface area contributed by atoms with Crippen molar-refractivity contribution < 1.29 is 38.4 Å². The zero-order chi connectivity index (χ0) is 50.8. The number of aryl methyl sites for hydroxylation is 6. The largest absolute Gasteiger partial charge is 0.355 e. The van der Waals surface area contributed by atoms with Crippen molar-refractivity contribution in [3.8, 4) is 0 Å². The van der Waals surface area contributed by atoms with Crippen molar-refractivity contribution >= 4 is 75.7 Å². The van der Waals surface area contributed by atoms with Gasteiger partial charge in [0.1, 0.15) is 28.5 Å². The summed E-state index contributed by atoms with van der Waals surface area (Å²) in [5, 5.41) is 21.9. The molecule has 0 radical (unpaired) electrons. The Morgan fingerprint density at radius 1 is 0.457 bits per heavy atom. The average Bonchev–Trinajstić information content (AvgIpc) is 4.16. The maximum absolute atomic E-state index is 13.3. The maximum Gasteiger partial charge on any atom is 0.291 e. The summed E-state index contributed by atoms with van der Waals surface area (Å²) >= 11 is 0. The number of carbonyl (C=O) groups excluding carboxylic acids is 8. The second-order valence-corrected chi connectivity index (χ2v) is 16.9. The van der Waals surface area contributed by atoms with E-state index in [1.54, 1.807) is 97.7 Å². The highest BCUT2D eigenvalue weighted by Gasteiger charge is 2.21. The highest BCUT2D eigenvalue weighted by molar-refractivity contribution is 6.09. The van der Waals surface area contributed by atoms with Crippen LogP contribution >= 0.6 is 0 Å². The van der Waals surface area contributed by atoms with E-state index in [2.05, 4.69) is 47.5 Å². The minimum atomic E-state index is -0.498. The molecule has 6 aromatic heterocycles. The molecular weight excluding hydrogens is 905 g/mol. The van der Waals surface area contributed by atoms with Crippen LogP contribution in [0.3, 0.4) is 0 Å². The molecule has 0 fully saturated rings. The van der Waals surface area contributed by atoms with Crippen LogP contribution in [0.2, 0.25) is 0 Å². The predicted molar refractivity (Wildman–Crippen MR) is 261 cm³/mol. The number of anilines is 5. The van der Waals surface area contributed by atoms with Gasteiger partial charge in [-0.25, -0.2) is 4.98 Å². The number of nitrogens with one attached hydrogen (secondary N) is 8. The number of hydrogen-bond acceptors (Lipinski definition) is 10. The molecule has 6 rings (SSSR count). The van der Waals surface area contributed by atoms with Crippen LogP contribution in [0.4, 0.5) is 28.4 Å². The lowest BCUT2D eigenvalue weighted by molar-refractivity contribution is -0.120. The maximum atomic E-state index is 13.3. The zero-order valence-electron chi connectivity index (χ0n) is 40.2. The van der Waals surface area contributed by atoms with Gasteiger partial charge in [-0.05, 0) is 63.8 Å². The average molecular weight is 963 g/mol. The van der Waals surface area contributed by atoms with Gasteiger partial charge in [0.15, 0.2) is 5.82 Å². The molecule has 370 valence electrons. The lowest BCUT2D eigenvalue weighted by atomic mass is 10.2. The van der Waals surface area contributed by atoms with Crippen LogP contribution in [-0.4, -0.2) is 125 Å². The highest BCUT2D eigenvalue weighted by Crippen LogP contribution is 2.21. The van der Waals surface area contributed by atoms with E-state index in [0.717, 1.165) is 13.0 Å². The number of rotatable bonds is 21. The van der Waals surface area contributed by atoms with Gasteiger partial charge in [0.2, 0.25) is 11.8 Å². The molecule has 0 aliphatic rings. The van der Waals surface area contributed by atoms with E-state index in [1.807, 2.05) is 19.0 Å². The molecular formula is C46H58N16O8. The van der Waals surface area contributed by atoms with Crippen LogP contribution in [0.25, 0.3) is 0 Å². The van der Waals surface area contributed by atoms with Crippen LogP contribution in [-0.2, 0) is 51.9 Å². The van der Waals surface area contributed by atoms with Crippen LogP contribution in [0, 0.1) is 0 Å². The van der Waals surface area contributed by atoms with E-state index >= 15 is 0 Å². The van der Waals surface area contributed by atoms with E-state index in [1.165, 1.54) is 45.7 Å². The van der Waals surface area contributed by atoms with Gasteiger partial charge in [0, 0.05) is 105 Å². The van der Waals surface area contributed by atoms with Crippen molar-refractivity contribution in [2.45, 2.75) is 19.3 Å². The Labute approximate surface area is 402 Å². The molecule has 70 heavy (non-hydrogen) atoms. The standard InChI is InChI=1S/C46H58N16O8/c1-56(2)15-10-13-47-39(64)22-50-42(66)34-19-30(25-59(34)5)53-44(68)36-20-31(26-61(36)7)54-43(67)35-17-28(23-60(35)6)51-38(63)11-9-12-49-41(65)33-18-29(24-58(33)4)52-45(69)37-21-32(27-62(37)8)55-46(70)40-48-14-16-57(40)3/h14,16-21,23-27H,9-13,15,22H2,1-8H3,(H,47,64)(H,49,65)(H,50,66)(H,51,63)(H,52,69)(H,53,68)(H,54,67)(H,55,70). The second-order valence-electron chi connectivity index (χ2n) is 16.9. The van der Waals surface area contributed by atoms with E-state index in [4.69, 9.17) is 0 Å². The third-order valence-corrected chi connectivity index (χ3v) is 10.9. The first-order chi connectivity index (χ1) is 33.3. The summed E-state index contributed by atoms with van der Waals surface area (Å²) in [4.78, 5) is 109. The van der Waals surface area contributed by atoms with Gasteiger partial charge < -0.3 is 74.8 Å². The quantitative estimate of drug-likeness (QED) is 0.0487. The number of carbonyl (C=O) groups is 8. The molecule has 0 unspecified atom stereocenters. The van der Waals surface area contributed by atoms with Crippen molar-refractivity contribution in [1.82, 2.24) is 53.2 Å². The van der Waals surface area contributed by atoms with Crippen molar-refractivity contribution in [2.75, 3.05) is 66.9 Å². The number of nitrogens with zero attached hydrogens (tertiary/aromatic N) is 8. The molecule has 0 aliphatic heterocycles. The Balaban J connectivity index is 0.922. The minimum absolute atomic E-state index is 0.0642. The summed E-state index contributed by atoms with van der Waals surface area (Å²) in [7, 11) is 13.8. The third-order valence-electron chi connectivity index (χ3n) is 10.9. The smallest absolute Gasteiger partial charge is 0.291 e. The summed E-state index contributed by atoms with van der Waals surface area (Å²) in [5.41, 5.74) is 3.05.